The molecule has 1 saturated heterocycles. The average Bonchev–Trinajstić information content (AvgIpc) is 2.43. The Labute approximate surface area is 71.1 Å². The van der Waals surface area contributed by atoms with Crippen LogP contribution in [0.1, 0.15) is 12.8 Å². The standard InChI is InChI=1S/C9H11NO2/c1-12-7-3-2-6-4-9(11)10-8(6)5-7/h3,5-6H,2,4H2,1H3,(H,10,11). The Morgan fingerprint density at radius 2 is 2.50 bits per heavy atom. The molecule has 1 fully saturated rings. The molecule has 64 valence electrons. The van der Waals surface area contributed by atoms with Crippen molar-refractivity contribution in [1.29, 1.82) is 0 Å². The monoisotopic (exact) mass is 165 g/mol. The number of nitrogens with one attached hydrogen (secondary N) is 1. The maximum atomic E-state index is 11.0. The summed E-state index contributed by atoms with van der Waals surface area (Å²) in [7, 11) is 1.64. The first-order chi connectivity index (χ1) is 5.79. The zero-order chi connectivity index (χ0) is 8.55. The fourth-order valence-corrected chi connectivity index (χ4v) is 1.62. The van der Waals surface area contributed by atoms with Crippen LogP contribution in [0.25, 0.3) is 0 Å². The third-order valence-electron chi connectivity index (χ3n) is 2.29. The van der Waals surface area contributed by atoms with E-state index in [0.29, 0.717) is 12.3 Å². The topological polar surface area (TPSA) is 38.3 Å². The van der Waals surface area contributed by atoms with Gasteiger partial charge in [-0.1, -0.05) is 0 Å². The summed E-state index contributed by atoms with van der Waals surface area (Å²) < 4.78 is 5.07. The molecule has 1 atom stereocenters. The van der Waals surface area contributed by atoms with Gasteiger partial charge in [-0.15, -0.1) is 0 Å². The minimum absolute atomic E-state index is 0.122. The van der Waals surface area contributed by atoms with E-state index in [1.165, 1.54) is 0 Å². The number of hydrogen-bond acceptors (Lipinski definition) is 2. The molecule has 1 N–H and O–H groups in total. The van der Waals surface area contributed by atoms with E-state index in [1.807, 2.05) is 12.2 Å². The minimum atomic E-state index is 0.122. The molecular formula is C9H11NO2. The second-order valence-corrected chi connectivity index (χ2v) is 3.10. The zero-order valence-electron chi connectivity index (χ0n) is 6.96. The van der Waals surface area contributed by atoms with Crippen LogP contribution in [0.5, 0.6) is 0 Å². The van der Waals surface area contributed by atoms with Gasteiger partial charge in [0, 0.05) is 18.0 Å². The van der Waals surface area contributed by atoms with Gasteiger partial charge in [-0.25, -0.2) is 0 Å². The fraction of sp³-hybridized carbons (Fsp3) is 0.444. The van der Waals surface area contributed by atoms with Gasteiger partial charge in [0.2, 0.25) is 5.91 Å². The van der Waals surface area contributed by atoms with Crippen molar-refractivity contribution in [3.05, 3.63) is 23.6 Å². The summed E-state index contributed by atoms with van der Waals surface area (Å²) in [5.41, 5.74) is 1.01. The summed E-state index contributed by atoms with van der Waals surface area (Å²) in [6.07, 6.45) is 5.46. The molecule has 0 aromatic rings. The van der Waals surface area contributed by atoms with Crippen LogP contribution >= 0.6 is 0 Å². The lowest BCUT2D eigenvalue weighted by atomic mass is 9.96. The smallest absolute Gasteiger partial charge is 0.224 e. The second kappa shape index (κ2) is 2.66. The van der Waals surface area contributed by atoms with Crippen molar-refractivity contribution in [2.75, 3.05) is 7.11 Å². The number of ether oxygens (including phenoxy) is 1. The van der Waals surface area contributed by atoms with Crippen LogP contribution in [0, 0.1) is 5.92 Å². The van der Waals surface area contributed by atoms with Crippen LogP contribution in [-0.4, -0.2) is 13.0 Å². The number of amides is 1. The number of carbonyl (C=O) groups excluding carboxylic acids is 1. The van der Waals surface area contributed by atoms with Gasteiger partial charge in [-0.05, 0) is 18.6 Å². The number of fused-ring (bicyclic) bond motifs is 1. The lowest BCUT2D eigenvalue weighted by Crippen LogP contribution is -2.14. The molecule has 0 aromatic carbocycles. The maximum absolute atomic E-state index is 11.0. The molecule has 1 unspecified atom stereocenters. The molecule has 0 aromatic heterocycles. The summed E-state index contributed by atoms with van der Waals surface area (Å²) in [5, 5.41) is 2.82. The highest BCUT2D eigenvalue weighted by molar-refractivity contribution is 5.82. The molecule has 3 heteroatoms. The molecule has 1 aliphatic heterocycles. The molecule has 1 aliphatic carbocycles. The molecule has 0 bridgehead atoms. The van der Waals surface area contributed by atoms with Crippen LogP contribution in [0.3, 0.4) is 0 Å². The Morgan fingerprint density at radius 3 is 3.25 bits per heavy atom. The molecule has 0 saturated carbocycles. The number of hydrogen-bond donors (Lipinski definition) is 1. The Morgan fingerprint density at radius 1 is 1.67 bits per heavy atom. The molecule has 1 heterocycles. The van der Waals surface area contributed by atoms with Crippen molar-refractivity contribution in [3.63, 3.8) is 0 Å². The third kappa shape index (κ3) is 1.11. The van der Waals surface area contributed by atoms with Gasteiger partial charge in [0.05, 0.1) is 7.11 Å². The van der Waals surface area contributed by atoms with Crippen LogP contribution in [0.15, 0.2) is 23.6 Å². The van der Waals surface area contributed by atoms with Crippen LogP contribution in [0.2, 0.25) is 0 Å². The fourth-order valence-electron chi connectivity index (χ4n) is 1.62. The number of rotatable bonds is 1. The highest BCUT2D eigenvalue weighted by Crippen LogP contribution is 2.29. The maximum Gasteiger partial charge on any atom is 0.224 e. The molecule has 3 nitrogen and oxygen atoms in total. The van der Waals surface area contributed by atoms with Gasteiger partial charge >= 0.3 is 0 Å². The van der Waals surface area contributed by atoms with Crippen molar-refractivity contribution < 1.29 is 9.53 Å². The van der Waals surface area contributed by atoms with E-state index < -0.39 is 0 Å². The lowest BCUT2D eigenvalue weighted by Gasteiger charge is -2.14. The molecule has 0 spiro atoms. The van der Waals surface area contributed by atoms with E-state index in [4.69, 9.17) is 4.74 Å². The average molecular weight is 165 g/mol. The van der Waals surface area contributed by atoms with Crippen molar-refractivity contribution >= 4 is 5.91 Å². The molecule has 2 aliphatic rings. The van der Waals surface area contributed by atoms with Crippen molar-refractivity contribution in [2.45, 2.75) is 12.8 Å². The van der Waals surface area contributed by atoms with Gasteiger partial charge in [0.1, 0.15) is 5.76 Å². The van der Waals surface area contributed by atoms with Crippen molar-refractivity contribution in [3.8, 4) is 0 Å². The quantitative estimate of drug-likeness (QED) is 0.628. The normalized spacial score (nSPS) is 27.1. The van der Waals surface area contributed by atoms with Gasteiger partial charge in [0.15, 0.2) is 0 Å². The molecule has 0 radical (unpaired) electrons. The summed E-state index contributed by atoms with van der Waals surface area (Å²) in [4.78, 5) is 11.0. The summed E-state index contributed by atoms with van der Waals surface area (Å²) in [6.45, 7) is 0. The second-order valence-electron chi connectivity index (χ2n) is 3.10. The minimum Gasteiger partial charge on any atom is -0.497 e. The van der Waals surface area contributed by atoms with Crippen molar-refractivity contribution in [2.24, 2.45) is 5.92 Å². The summed E-state index contributed by atoms with van der Waals surface area (Å²) in [6, 6.07) is 0. The number of carbonyl (C=O) groups is 1. The highest BCUT2D eigenvalue weighted by Gasteiger charge is 2.28. The van der Waals surface area contributed by atoms with E-state index in [-0.39, 0.29) is 5.91 Å². The first-order valence-corrected chi connectivity index (χ1v) is 4.05. The van der Waals surface area contributed by atoms with E-state index in [0.717, 1.165) is 17.9 Å². The van der Waals surface area contributed by atoms with Gasteiger partial charge in [-0.3, -0.25) is 4.79 Å². The summed E-state index contributed by atoms with van der Waals surface area (Å²) >= 11 is 0. The van der Waals surface area contributed by atoms with Crippen molar-refractivity contribution in [1.82, 2.24) is 5.32 Å². The lowest BCUT2D eigenvalue weighted by molar-refractivity contribution is -0.119. The first kappa shape index (κ1) is 7.40. The number of allylic oxidation sites excluding steroid dienone is 3. The van der Waals surface area contributed by atoms with Gasteiger partial charge < -0.3 is 10.1 Å². The van der Waals surface area contributed by atoms with Gasteiger partial charge in [0.25, 0.3) is 0 Å². The summed E-state index contributed by atoms with van der Waals surface area (Å²) in [5.74, 6) is 1.34. The Bertz CT molecular complexity index is 278. The van der Waals surface area contributed by atoms with Crippen LogP contribution < -0.4 is 5.32 Å². The third-order valence-corrected chi connectivity index (χ3v) is 2.29. The van der Waals surface area contributed by atoms with E-state index in [2.05, 4.69) is 5.32 Å². The first-order valence-electron chi connectivity index (χ1n) is 4.05. The molecule has 12 heavy (non-hydrogen) atoms. The SMILES string of the molecule is COC1=CCC2CC(=O)NC2=C1. The highest BCUT2D eigenvalue weighted by atomic mass is 16.5. The van der Waals surface area contributed by atoms with Crippen LogP contribution in [0.4, 0.5) is 0 Å². The van der Waals surface area contributed by atoms with E-state index >= 15 is 0 Å². The predicted molar refractivity (Wildman–Crippen MR) is 44.0 cm³/mol. The Balaban J connectivity index is 2.20. The Hall–Kier alpha value is -1.25. The van der Waals surface area contributed by atoms with Gasteiger partial charge in [-0.2, -0.15) is 0 Å². The van der Waals surface area contributed by atoms with E-state index in [1.54, 1.807) is 7.11 Å². The largest absolute Gasteiger partial charge is 0.497 e. The molecule has 2 rings (SSSR count). The molecular weight excluding hydrogens is 154 g/mol. The van der Waals surface area contributed by atoms with E-state index in [9.17, 15) is 4.79 Å². The predicted octanol–water partition coefficient (Wildman–Crippen LogP) is 0.940. The number of methoxy groups -OCH3 is 1. The molecule has 1 amide bonds. The Kier molecular flexibility index (Phi) is 1.64. The zero-order valence-corrected chi connectivity index (χ0v) is 6.96. The van der Waals surface area contributed by atoms with Crippen LogP contribution in [-0.2, 0) is 9.53 Å².